The molecule has 0 unspecified atom stereocenters. The standard InChI is InChI=1S/C13H16FNO/c1-4-15-11(13(2,3)16)8-9-6-5-7-10(14)12(9)15/h5-8,16H,4H2,1-3H3. The fraction of sp³-hybridized carbons (Fsp3) is 0.385. The Bertz CT molecular complexity index is 522. The second-order valence-corrected chi connectivity index (χ2v) is 4.51. The van der Waals surface area contributed by atoms with Gasteiger partial charge in [0.05, 0.1) is 16.8 Å². The number of hydrogen-bond acceptors (Lipinski definition) is 1. The van der Waals surface area contributed by atoms with Gasteiger partial charge in [-0.05, 0) is 32.9 Å². The van der Waals surface area contributed by atoms with Crippen molar-refractivity contribution in [1.29, 1.82) is 0 Å². The average molecular weight is 221 g/mol. The van der Waals surface area contributed by atoms with E-state index in [-0.39, 0.29) is 5.82 Å². The van der Waals surface area contributed by atoms with E-state index in [9.17, 15) is 9.50 Å². The number of aryl methyl sites for hydroxylation is 1. The number of aliphatic hydroxyl groups is 1. The minimum atomic E-state index is -0.957. The summed E-state index contributed by atoms with van der Waals surface area (Å²) < 4.78 is 15.6. The Morgan fingerprint density at radius 2 is 2.06 bits per heavy atom. The summed E-state index contributed by atoms with van der Waals surface area (Å²) in [5, 5.41) is 10.9. The number of hydrogen-bond donors (Lipinski definition) is 1. The van der Waals surface area contributed by atoms with Crippen molar-refractivity contribution >= 4 is 10.9 Å². The molecule has 1 aromatic heterocycles. The van der Waals surface area contributed by atoms with Crippen LogP contribution in [0, 0.1) is 5.82 Å². The third-order valence-electron chi connectivity index (χ3n) is 2.81. The lowest BCUT2D eigenvalue weighted by molar-refractivity contribution is 0.0703. The van der Waals surface area contributed by atoms with Crippen molar-refractivity contribution < 1.29 is 9.50 Å². The van der Waals surface area contributed by atoms with E-state index in [1.54, 1.807) is 19.9 Å². The average Bonchev–Trinajstić information content (AvgIpc) is 2.57. The van der Waals surface area contributed by atoms with Crippen molar-refractivity contribution in [2.75, 3.05) is 0 Å². The van der Waals surface area contributed by atoms with Gasteiger partial charge in [0.1, 0.15) is 5.82 Å². The van der Waals surface area contributed by atoms with Crippen LogP contribution in [0.4, 0.5) is 4.39 Å². The highest BCUT2D eigenvalue weighted by Gasteiger charge is 2.23. The number of fused-ring (bicyclic) bond motifs is 1. The van der Waals surface area contributed by atoms with Crippen LogP contribution in [0.15, 0.2) is 24.3 Å². The molecule has 0 aliphatic rings. The lowest BCUT2D eigenvalue weighted by Crippen LogP contribution is -2.20. The molecule has 0 fully saturated rings. The zero-order valence-corrected chi connectivity index (χ0v) is 9.79. The number of benzene rings is 1. The molecular weight excluding hydrogens is 205 g/mol. The van der Waals surface area contributed by atoms with E-state index in [1.165, 1.54) is 6.07 Å². The number of aromatic nitrogens is 1. The predicted molar refractivity (Wildman–Crippen MR) is 62.8 cm³/mol. The first-order valence-electron chi connectivity index (χ1n) is 5.45. The Kier molecular flexibility index (Phi) is 2.50. The van der Waals surface area contributed by atoms with Gasteiger partial charge in [0, 0.05) is 11.9 Å². The Labute approximate surface area is 94.3 Å². The summed E-state index contributed by atoms with van der Waals surface area (Å²) in [6, 6.07) is 6.84. The van der Waals surface area contributed by atoms with E-state index < -0.39 is 5.60 Å². The van der Waals surface area contributed by atoms with Crippen LogP contribution >= 0.6 is 0 Å². The first kappa shape index (κ1) is 11.1. The molecular formula is C13H16FNO. The van der Waals surface area contributed by atoms with Crippen LogP contribution in [-0.4, -0.2) is 9.67 Å². The molecule has 0 aliphatic heterocycles. The molecule has 0 amide bonds. The van der Waals surface area contributed by atoms with Gasteiger partial charge in [0.15, 0.2) is 0 Å². The third kappa shape index (κ3) is 1.61. The molecule has 2 rings (SSSR count). The van der Waals surface area contributed by atoms with Crippen LogP contribution < -0.4 is 0 Å². The summed E-state index contributed by atoms with van der Waals surface area (Å²) in [4.78, 5) is 0. The van der Waals surface area contributed by atoms with E-state index >= 15 is 0 Å². The Balaban J connectivity index is 2.83. The van der Waals surface area contributed by atoms with Gasteiger partial charge in [-0.3, -0.25) is 0 Å². The van der Waals surface area contributed by atoms with E-state index in [4.69, 9.17) is 0 Å². The lowest BCUT2D eigenvalue weighted by atomic mass is 10.1. The van der Waals surface area contributed by atoms with Crippen molar-refractivity contribution in [2.45, 2.75) is 32.9 Å². The zero-order valence-electron chi connectivity index (χ0n) is 9.79. The molecule has 0 bridgehead atoms. The largest absolute Gasteiger partial charge is 0.384 e. The van der Waals surface area contributed by atoms with Crippen LogP contribution in [0.3, 0.4) is 0 Å². The molecule has 1 aromatic carbocycles. The van der Waals surface area contributed by atoms with E-state index in [0.717, 1.165) is 11.1 Å². The van der Waals surface area contributed by atoms with Crippen LogP contribution in [-0.2, 0) is 12.1 Å². The van der Waals surface area contributed by atoms with Crippen LogP contribution in [0.25, 0.3) is 10.9 Å². The molecule has 1 heterocycles. The van der Waals surface area contributed by atoms with Gasteiger partial charge in [-0.1, -0.05) is 12.1 Å². The van der Waals surface area contributed by atoms with E-state index in [1.807, 2.05) is 23.6 Å². The fourth-order valence-electron chi connectivity index (χ4n) is 2.11. The number of rotatable bonds is 2. The highest BCUT2D eigenvalue weighted by Crippen LogP contribution is 2.29. The SMILES string of the molecule is CCn1c(C(C)(C)O)cc2cccc(F)c21. The zero-order chi connectivity index (χ0) is 11.9. The van der Waals surface area contributed by atoms with Gasteiger partial charge >= 0.3 is 0 Å². The van der Waals surface area contributed by atoms with Gasteiger partial charge in [0.25, 0.3) is 0 Å². The highest BCUT2D eigenvalue weighted by molar-refractivity contribution is 5.82. The first-order valence-corrected chi connectivity index (χ1v) is 5.45. The third-order valence-corrected chi connectivity index (χ3v) is 2.81. The van der Waals surface area contributed by atoms with Crippen molar-refractivity contribution in [3.63, 3.8) is 0 Å². The summed E-state index contributed by atoms with van der Waals surface area (Å²) in [6.45, 7) is 6.02. The monoisotopic (exact) mass is 221 g/mol. The quantitative estimate of drug-likeness (QED) is 0.828. The first-order chi connectivity index (χ1) is 7.45. The smallest absolute Gasteiger partial charge is 0.147 e. The molecule has 2 nitrogen and oxygen atoms in total. The van der Waals surface area contributed by atoms with E-state index in [2.05, 4.69) is 0 Å². The lowest BCUT2D eigenvalue weighted by Gasteiger charge is -2.20. The topological polar surface area (TPSA) is 25.2 Å². The Hall–Kier alpha value is -1.35. The molecule has 0 saturated carbocycles. The molecule has 2 aromatic rings. The number of halogens is 1. The van der Waals surface area contributed by atoms with Crippen molar-refractivity contribution in [3.05, 3.63) is 35.8 Å². The van der Waals surface area contributed by atoms with Crippen LogP contribution in [0.1, 0.15) is 26.5 Å². The van der Waals surface area contributed by atoms with Gasteiger partial charge < -0.3 is 9.67 Å². The molecule has 1 N–H and O–H groups in total. The summed E-state index contributed by atoms with van der Waals surface area (Å²) >= 11 is 0. The highest BCUT2D eigenvalue weighted by atomic mass is 19.1. The minimum Gasteiger partial charge on any atom is -0.384 e. The van der Waals surface area contributed by atoms with Gasteiger partial charge in [0.2, 0.25) is 0 Å². The second-order valence-electron chi connectivity index (χ2n) is 4.51. The molecule has 0 spiro atoms. The maximum absolute atomic E-state index is 13.7. The number of para-hydroxylation sites is 1. The molecule has 86 valence electrons. The van der Waals surface area contributed by atoms with Crippen molar-refractivity contribution in [1.82, 2.24) is 4.57 Å². The summed E-state index contributed by atoms with van der Waals surface area (Å²) in [7, 11) is 0. The summed E-state index contributed by atoms with van der Waals surface area (Å²) in [6.07, 6.45) is 0. The van der Waals surface area contributed by atoms with Gasteiger partial charge in [-0.25, -0.2) is 4.39 Å². The predicted octanol–water partition coefficient (Wildman–Crippen LogP) is 3.03. The summed E-state index contributed by atoms with van der Waals surface area (Å²) in [5.74, 6) is -0.241. The Morgan fingerprint density at radius 1 is 1.38 bits per heavy atom. The van der Waals surface area contributed by atoms with Gasteiger partial charge in [-0.15, -0.1) is 0 Å². The molecule has 3 heteroatoms. The molecule has 0 aliphatic carbocycles. The molecule has 0 atom stereocenters. The summed E-state index contributed by atoms with van der Waals surface area (Å²) in [5.41, 5.74) is 0.360. The second kappa shape index (κ2) is 3.59. The van der Waals surface area contributed by atoms with E-state index in [0.29, 0.717) is 12.1 Å². The number of nitrogens with zero attached hydrogens (tertiary/aromatic N) is 1. The Morgan fingerprint density at radius 3 is 2.62 bits per heavy atom. The van der Waals surface area contributed by atoms with Crippen molar-refractivity contribution in [3.8, 4) is 0 Å². The maximum Gasteiger partial charge on any atom is 0.147 e. The maximum atomic E-state index is 13.7. The van der Waals surface area contributed by atoms with Crippen molar-refractivity contribution in [2.24, 2.45) is 0 Å². The normalized spacial score (nSPS) is 12.3. The fourth-order valence-corrected chi connectivity index (χ4v) is 2.11. The molecule has 16 heavy (non-hydrogen) atoms. The van der Waals surface area contributed by atoms with Gasteiger partial charge in [-0.2, -0.15) is 0 Å². The molecule has 0 saturated heterocycles. The van der Waals surface area contributed by atoms with Crippen LogP contribution in [0.5, 0.6) is 0 Å². The molecule has 0 radical (unpaired) electrons. The van der Waals surface area contributed by atoms with Crippen LogP contribution in [0.2, 0.25) is 0 Å². The minimum absolute atomic E-state index is 0.241.